The van der Waals surface area contributed by atoms with E-state index in [-0.39, 0.29) is 11.9 Å². The van der Waals surface area contributed by atoms with Gasteiger partial charge in [0.2, 0.25) is 0 Å². The zero-order valence-electron chi connectivity index (χ0n) is 9.34. The number of rotatable bonds is 4. The fraction of sp³-hybridized carbons (Fsp3) is 0.364. The van der Waals surface area contributed by atoms with E-state index in [2.05, 4.69) is 25.9 Å². The predicted molar refractivity (Wildman–Crippen MR) is 67.2 cm³/mol. The largest absolute Gasteiger partial charge is 0.385 e. The molecule has 1 aromatic heterocycles. The maximum Gasteiger partial charge on any atom is 0.139 e. The molecule has 0 aliphatic carbocycles. The quantitative estimate of drug-likeness (QED) is 0.912. The third kappa shape index (κ3) is 2.65. The lowest BCUT2D eigenvalue weighted by atomic mass is 10.2. The van der Waals surface area contributed by atoms with Gasteiger partial charge < -0.3 is 15.5 Å². The van der Waals surface area contributed by atoms with Crippen molar-refractivity contribution in [3.05, 3.63) is 28.2 Å². The van der Waals surface area contributed by atoms with Crippen LogP contribution in [-0.4, -0.2) is 23.7 Å². The third-order valence-corrected chi connectivity index (χ3v) is 3.13. The summed E-state index contributed by atoms with van der Waals surface area (Å²) in [6.45, 7) is 0.566. The number of ether oxygens (including phenoxy) is 1. The minimum Gasteiger partial charge on any atom is -0.385 e. The third-order valence-electron chi connectivity index (χ3n) is 2.53. The van der Waals surface area contributed by atoms with Gasteiger partial charge in [-0.1, -0.05) is 0 Å². The molecular formula is C11H13BrFN3O. The van der Waals surface area contributed by atoms with Gasteiger partial charge in [0.15, 0.2) is 0 Å². The van der Waals surface area contributed by atoms with Gasteiger partial charge in [-0.05, 0) is 28.4 Å². The number of H-pyrrole nitrogens is 1. The number of benzene rings is 1. The number of aromatic nitrogens is 2. The average molecular weight is 302 g/mol. The Balaban J connectivity index is 2.31. The van der Waals surface area contributed by atoms with E-state index < -0.39 is 0 Å². The average Bonchev–Trinajstić information content (AvgIpc) is 2.69. The molecule has 3 N–H and O–H groups in total. The van der Waals surface area contributed by atoms with Crippen LogP contribution in [0.25, 0.3) is 11.0 Å². The minimum atomic E-state index is -0.321. The number of nitrogens with one attached hydrogen (secondary N) is 1. The van der Waals surface area contributed by atoms with Crippen molar-refractivity contribution in [2.24, 2.45) is 5.73 Å². The van der Waals surface area contributed by atoms with Gasteiger partial charge in [0.25, 0.3) is 0 Å². The molecule has 1 heterocycles. The van der Waals surface area contributed by atoms with Crippen LogP contribution >= 0.6 is 15.9 Å². The van der Waals surface area contributed by atoms with Crippen molar-refractivity contribution in [2.75, 3.05) is 13.7 Å². The van der Waals surface area contributed by atoms with Crippen molar-refractivity contribution in [3.63, 3.8) is 0 Å². The molecular weight excluding hydrogens is 289 g/mol. The summed E-state index contributed by atoms with van der Waals surface area (Å²) < 4.78 is 18.7. The molecule has 1 atom stereocenters. The lowest BCUT2D eigenvalue weighted by molar-refractivity contribution is 0.187. The van der Waals surface area contributed by atoms with Crippen molar-refractivity contribution < 1.29 is 9.13 Å². The Bertz CT molecular complexity index is 490. The molecule has 0 bridgehead atoms. The zero-order valence-corrected chi connectivity index (χ0v) is 10.9. The van der Waals surface area contributed by atoms with Crippen LogP contribution in [0.5, 0.6) is 0 Å². The van der Waals surface area contributed by atoms with Gasteiger partial charge in [-0.2, -0.15) is 0 Å². The Kier molecular flexibility index (Phi) is 3.76. The van der Waals surface area contributed by atoms with Crippen LogP contribution < -0.4 is 5.73 Å². The molecule has 17 heavy (non-hydrogen) atoms. The van der Waals surface area contributed by atoms with Gasteiger partial charge in [0.1, 0.15) is 11.6 Å². The number of nitrogens with two attached hydrogens (primary N) is 1. The lowest BCUT2D eigenvalue weighted by Gasteiger charge is -2.06. The second-order valence-corrected chi connectivity index (χ2v) is 4.65. The first-order chi connectivity index (χ1) is 8.11. The normalized spacial score (nSPS) is 13.2. The van der Waals surface area contributed by atoms with Crippen molar-refractivity contribution in [3.8, 4) is 0 Å². The Morgan fingerprint density at radius 1 is 1.59 bits per heavy atom. The summed E-state index contributed by atoms with van der Waals surface area (Å²) in [5.41, 5.74) is 7.28. The summed E-state index contributed by atoms with van der Waals surface area (Å²) in [5, 5.41) is 0. The Morgan fingerprint density at radius 3 is 3.06 bits per heavy atom. The topological polar surface area (TPSA) is 63.9 Å². The van der Waals surface area contributed by atoms with Crippen molar-refractivity contribution >= 4 is 27.0 Å². The Labute approximate surface area is 106 Å². The lowest BCUT2D eigenvalue weighted by Crippen LogP contribution is -2.14. The molecule has 4 nitrogen and oxygen atoms in total. The standard InChI is InChI=1S/C11H13BrFN3O/c1-17-3-2-8(14)11-15-9-4-6(12)7(13)5-10(9)16-11/h4-5,8H,2-3,14H2,1H3,(H,15,16). The number of nitrogens with zero attached hydrogens (tertiary/aromatic N) is 1. The summed E-state index contributed by atoms with van der Waals surface area (Å²) in [5.74, 6) is 0.327. The predicted octanol–water partition coefficient (Wildman–Crippen LogP) is 2.50. The zero-order chi connectivity index (χ0) is 12.4. The summed E-state index contributed by atoms with van der Waals surface area (Å²) >= 11 is 3.12. The van der Waals surface area contributed by atoms with Crippen LogP contribution in [0, 0.1) is 5.82 Å². The Morgan fingerprint density at radius 2 is 2.35 bits per heavy atom. The van der Waals surface area contributed by atoms with Crippen LogP contribution in [0.2, 0.25) is 0 Å². The van der Waals surface area contributed by atoms with Crippen molar-refractivity contribution in [2.45, 2.75) is 12.5 Å². The molecule has 0 fully saturated rings. The first-order valence-corrected chi connectivity index (χ1v) is 6.00. The number of aromatic amines is 1. The van der Waals surface area contributed by atoms with E-state index >= 15 is 0 Å². The number of hydrogen-bond acceptors (Lipinski definition) is 3. The maximum atomic E-state index is 13.3. The fourth-order valence-electron chi connectivity index (χ4n) is 1.58. The molecule has 92 valence electrons. The molecule has 0 saturated heterocycles. The van der Waals surface area contributed by atoms with E-state index in [1.165, 1.54) is 6.07 Å². The summed E-state index contributed by atoms with van der Waals surface area (Å²) in [7, 11) is 1.62. The molecule has 1 unspecified atom stereocenters. The highest BCUT2D eigenvalue weighted by Gasteiger charge is 2.12. The molecule has 6 heteroatoms. The number of imidazole rings is 1. The van der Waals surface area contributed by atoms with Gasteiger partial charge in [-0.15, -0.1) is 0 Å². The second kappa shape index (κ2) is 5.12. The molecule has 2 rings (SSSR count). The summed E-state index contributed by atoms with van der Waals surface area (Å²) in [6, 6.07) is 2.80. The number of halogens is 2. The first-order valence-electron chi connectivity index (χ1n) is 5.21. The van der Waals surface area contributed by atoms with Crippen molar-refractivity contribution in [1.82, 2.24) is 9.97 Å². The minimum absolute atomic E-state index is 0.232. The molecule has 0 aliphatic heterocycles. The van der Waals surface area contributed by atoms with Crippen LogP contribution in [0.4, 0.5) is 4.39 Å². The van der Waals surface area contributed by atoms with Crippen LogP contribution in [0.3, 0.4) is 0 Å². The van der Waals surface area contributed by atoms with Crippen molar-refractivity contribution in [1.29, 1.82) is 0 Å². The first kappa shape index (κ1) is 12.5. The van der Waals surface area contributed by atoms with Gasteiger partial charge in [0.05, 0.1) is 21.5 Å². The molecule has 0 radical (unpaired) electrons. The van der Waals surface area contributed by atoms with E-state index in [0.29, 0.717) is 34.4 Å². The number of hydrogen-bond donors (Lipinski definition) is 2. The molecule has 0 amide bonds. The maximum absolute atomic E-state index is 13.3. The van der Waals surface area contributed by atoms with Gasteiger partial charge in [-0.3, -0.25) is 0 Å². The Hall–Kier alpha value is -0.980. The molecule has 0 aliphatic rings. The van der Waals surface area contributed by atoms with Crippen LogP contribution in [-0.2, 0) is 4.74 Å². The smallest absolute Gasteiger partial charge is 0.139 e. The van der Waals surface area contributed by atoms with Gasteiger partial charge in [-0.25, -0.2) is 9.37 Å². The van der Waals surface area contributed by atoms with E-state index in [0.717, 1.165) is 0 Å². The van der Waals surface area contributed by atoms with Gasteiger partial charge >= 0.3 is 0 Å². The molecule has 2 aromatic rings. The molecule has 1 aromatic carbocycles. The number of methoxy groups -OCH3 is 1. The number of fused-ring (bicyclic) bond motifs is 1. The second-order valence-electron chi connectivity index (χ2n) is 3.79. The summed E-state index contributed by atoms with van der Waals surface area (Å²) in [4.78, 5) is 7.35. The highest BCUT2D eigenvalue weighted by atomic mass is 79.9. The van der Waals surface area contributed by atoms with Crippen LogP contribution in [0.1, 0.15) is 18.3 Å². The van der Waals surface area contributed by atoms with E-state index in [1.807, 2.05) is 0 Å². The molecule has 0 saturated carbocycles. The SMILES string of the molecule is COCCC(N)c1nc2cc(Br)c(F)cc2[nH]1. The van der Waals surface area contributed by atoms with Gasteiger partial charge in [0, 0.05) is 19.8 Å². The van der Waals surface area contributed by atoms with E-state index in [1.54, 1.807) is 13.2 Å². The monoisotopic (exact) mass is 301 g/mol. The van der Waals surface area contributed by atoms with E-state index in [9.17, 15) is 4.39 Å². The summed E-state index contributed by atoms with van der Waals surface area (Å²) in [6.07, 6.45) is 0.667. The molecule has 0 spiro atoms. The van der Waals surface area contributed by atoms with Crippen LogP contribution in [0.15, 0.2) is 16.6 Å². The fourth-order valence-corrected chi connectivity index (χ4v) is 1.91. The highest BCUT2D eigenvalue weighted by Crippen LogP contribution is 2.23. The van der Waals surface area contributed by atoms with E-state index in [4.69, 9.17) is 10.5 Å². The highest BCUT2D eigenvalue weighted by molar-refractivity contribution is 9.10.